The normalized spacial score (nSPS) is 16.5. The fourth-order valence-electron chi connectivity index (χ4n) is 2.96. The number of rotatable bonds is 9. The van der Waals surface area contributed by atoms with Gasteiger partial charge >= 0.3 is 0 Å². The first kappa shape index (κ1) is 21.3. The molecule has 1 aliphatic rings. The number of benzene rings is 1. The molecule has 1 aliphatic heterocycles. The van der Waals surface area contributed by atoms with Crippen LogP contribution in [0.15, 0.2) is 24.3 Å². The summed E-state index contributed by atoms with van der Waals surface area (Å²) < 4.78 is 5.32. The molecule has 1 aromatic rings. The van der Waals surface area contributed by atoms with Gasteiger partial charge in [-0.3, -0.25) is 9.59 Å². The van der Waals surface area contributed by atoms with Crippen molar-refractivity contribution in [2.24, 2.45) is 5.73 Å². The lowest BCUT2D eigenvalue weighted by molar-refractivity contribution is -0.126. The topological polar surface area (TPSA) is 84.7 Å². The van der Waals surface area contributed by atoms with Gasteiger partial charge in [-0.1, -0.05) is 25.0 Å². The third kappa shape index (κ3) is 5.90. The molecule has 1 saturated heterocycles. The van der Waals surface area contributed by atoms with E-state index in [-0.39, 0.29) is 24.2 Å². The maximum absolute atomic E-state index is 12.6. The van der Waals surface area contributed by atoms with Crippen molar-refractivity contribution in [2.75, 3.05) is 25.1 Å². The van der Waals surface area contributed by atoms with Crippen LogP contribution in [0.3, 0.4) is 0 Å². The van der Waals surface area contributed by atoms with Crippen LogP contribution in [0.2, 0.25) is 0 Å². The largest absolute Gasteiger partial charge is 0.495 e. The third-order valence-corrected chi connectivity index (χ3v) is 4.27. The lowest BCUT2D eigenvalue weighted by Gasteiger charge is -2.19. The number of ether oxygens (including phenoxy) is 1. The summed E-state index contributed by atoms with van der Waals surface area (Å²) in [4.78, 5) is 26.3. The van der Waals surface area contributed by atoms with Crippen molar-refractivity contribution in [1.82, 2.24) is 5.32 Å². The zero-order valence-electron chi connectivity index (χ0n) is 14.7. The van der Waals surface area contributed by atoms with Gasteiger partial charge in [0.05, 0.1) is 12.8 Å². The molecule has 1 atom stereocenters. The highest BCUT2D eigenvalue weighted by molar-refractivity contribution is 6.02. The molecule has 140 valence electrons. The van der Waals surface area contributed by atoms with Crippen LogP contribution in [0.25, 0.3) is 0 Å². The van der Waals surface area contributed by atoms with E-state index in [0.717, 1.165) is 31.4 Å². The van der Waals surface area contributed by atoms with Gasteiger partial charge in [0.15, 0.2) is 0 Å². The summed E-state index contributed by atoms with van der Waals surface area (Å²) in [6, 6.07) is 6.99. The van der Waals surface area contributed by atoms with E-state index in [0.29, 0.717) is 31.7 Å². The van der Waals surface area contributed by atoms with Crippen LogP contribution in [-0.4, -0.2) is 38.1 Å². The Bertz CT molecular complexity index is 568. The molecule has 0 radical (unpaired) electrons. The van der Waals surface area contributed by atoms with Crippen molar-refractivity contribution in [1.29, 1.82) is 0 Å². The molecular formula is C18H28ClN3O3. The first-order valence-electron chi connectivity index (χ1n) is 8.61. The summed E-state index contributed by atoms with van der Waals surface area (Å²) in [6.07, 6.45) is 4.96. The Kier molecular flexibility index (Phi) is 9.31. The van der Waals surface area contributed by atoms with Crippen LogP contribution < -0.4 is 20.7 Å². The van der Waals surface area contributed by atoms with Crippen LogP contribution in [0, 0.1) is 0 Å². The van der Waals surface area contributed by atoms with Gasteiger partial charge in [0, 0.05) is 13.0 Å². The smallest absolute Gasteiger partial charge is 0.249 e. The van der Waals surface area contributed by atoms with Crippen molar-refractivity contribution in [2.45, 2.75) is 44.6 Å². The molecule has 1 unspecified atom stereocenters. The molecule has 1 heterocycles. The number of halogens is 1. The van der Waals surface area contributed by atoms with E-state index in [1.54, 1.807) is 12.0 Å². The molecule has 7 heteroatoms. The van der Waals surface area contributed by atoms with Gasteiger partial charge in [-0.2, -0.15) is 0 Å². The summed E-state index contributed by atoms with van der Waals surface area (Å²) in [7, 11) is 1.59. The second-order valence-corrected chi connectivity index (χ2v) is 6.02. The van der Waals surface area contributed by atoms with Crippen molar-refractivity contribution >= 4 is 29.9 Å². The maximum Gasteiger partial charge on any atom is 0.249 e. The molecule has 1 aromatic carbocycles. The maximum atomic E-state index is 12.6. The van der Waals surface area contributed by atoms with Crippen molar-refractivity contribution in [3.63, 3.8) is 0 Å². The van der Waals surface area contributed by atoms with E-state index in [1.807, 2.05) is 24.3 Å². The Morgan fingerprint density at radius 3 is 2.72 bits per heavy atom. The number of carbonyl (C=O) groups is 2. The number of nitrogens with two attached hydrogens (primary N) is 1. The average molecular weight is 370 g/mol. The zero-order chi connectivity index (χ0) is 17.4. The van der Waals surface area contributed by atoms with Gasteiger partial charge < -0.3 is 20.7 Å². The summed E-state index contributed by atoms with van der Waals surface area (Å²) in [6.45, 7) is 1.28. The van der Waals surface area contributed by atoms with Gasteiger partial charge in [0.25, 0.3) is 0 Å². The van der Waals surface area contributed by atoms with E-state index in [1.165, 1.54) is 0 Å². The Morgan fingerprint density at radius 2 is 2.00 bits per heavy atom. The van der Waals surface area contributed by atoms with Crippen LogP contribution in [0.4, 0.5) is 5.69 Å². The quantitative estimate of drug-likeness (QED) is 0.654. The zero-order valence-corrected chi connectivity index (χ0v) is 15.5. The Hall–Kier alpha value is -1.79. The molecule has 0 spiro atoms. The molecular weight excluding hydrogens is 342 g/mol. The monoisotopic (exact) mass is 369 g/mol. The highest BCUT2D eigenvalue weighted by Gasteiger charge is 2.34. The van der Waals surface area contributed by atoms with Gasteiger partial charge in [0.2, 0.25) is 11.8 Å². The summed E-state index contributed by atoms with van der Waals surface area (Å²) >= 11 is 0. The molecule has 0 aromatic heterocycles. The number of carbonyl (C=O) groups excluding carboxylic acids is 2. The number of hydrogen-bond donors (Lipinski definition) is 2. The SMILES string of the molecule is COc1ccccc1N1CCC(NC(=O)CCCCCCN)C1=O.Cl. The summed E-state index contributed by atoms with van der Waals surface area (Å²) in [5.74, 6) is 0.539. The lowest BCUT2D eigenvalue weighted by Crippen LogP contribution is -2.41. The van der Waals surface area contributed by atoms with Gasteiger partial charge in [-0.05, 0) is 37.9 Å². The first-order chi connectivity index (χ1) is 11.7. The second-order valence-electron chi connectivity index (χ2n) is 6.02. The summed E-state index contributed by atoms with van der Waals surface area (Å²) in [5, 5.41) is 2.86. The van der Waals surface area contributed by atoms with E-state index < -0.39 is 6.04 Å². The van der Waals surface area contributed by atoms with Crippen LogP contribution in [-0.2, 0) is 9.59 Å². The molecule has 0 saturated carbocycles. The minimum absolute atomic E-state index is 0. The Labute approximate surface area is 155 Å². The number of nitrogens with one attached hydrogen (secondary N) is 1. The predicted octanol–water partition coefficient (Wildman–Crippen LogP) is 2.25. The number of methoxy groups -OCH3 is 1. The molecule has 1 fully saturated rings. The van der Waals surface area contributed by atoms with E-state index in [9.17, 15) is 9.59 Å². The number of amides is 2. The Morgan fingerprint density at radius 1 is 1.28 bits per heavy atom. The standard InChI is InChI=1S/C18H27N3O3.ClH/c1-24-16-9-6-5-8-15(16)21-13-11-14(18(21)23)20-17(22)10-4-2-3-7-12-19;/h5-6,8-9,14H,2-4,7,10-13,19H2,1H3,(H,20,22);1H. The molecule has 0 bridgehead atoms. The molecule has 2 rings (SSSR count). The average Bonchev–Trinajstić information content (AvgIpc) is 2.95. The highest BCUT2D eigenvalue weighted by atomic mass is 35.5. The highest BCUT2D eigenvalue weighted by Crippen LogP contribution is 2.31. The predicted molar refractivity (Wildman–Crippen MR) is 101 cm³/mol. The second kappa shape index (κ2) is 10.9. The van der Waals surface area contributed by atoms with E-state index in [2.05, 4.69) is 5.32 Å². The third-order valence-electron chi connectivity index (χ3n) is 4.27. The fourth-order valence-corrected chi connectivity index (χ4v) is 2.96. The molecule has 0 aliphatic carbocycles. The van der Waals surface area contributed by atoms with Gasteiger partial charge in [-0.15, -0.1) is 12.4 Å². The number of unbranched alkanes of at least 4 members (excludes halogenated alkanes) is 3. The lowest BCUT2D eigenvalue weighted by atomic mass is 10.1. The Balaban J connectivity index is 0.00000312. The van der Waals surface area contributed by atoms with Crippen molar-refractivity contribution < 1.29 is 14.3 Å². The minimum atomic E-state index is -0.438. The van der Waals surface area contributed by atoms with Crippen LogP contribution in [0.1, 0.15) is 38.5 Å². The molecule has 6 nitrogen and oxygen atoms in total. The van der Waals surface area contributed by atoms with E-state index in [4.69, 9.17) is 10.5 Å². The van der Waals surface area contributed by atoms with Crippen LogP contribution >= 0.6 is 12.4 Å². The molecule has 25 heavy (non-hydrogen) atoms. The fraction of sp³-hybridized carbons (Fsp3) is 0.556. The molecule has 2 amide bonds. The van der Waals surface area contributed by atoms with Gasteiger partial charge in [0.1, 0.15) is 11.8 Å². The van der Waals surface area contributed by atoms with Crippen LogP contribution in [0.5, 0.6) is 5.75 Å². The number of anilines is 1. The van der Waals surface area contributed by atoms with Crippen molar-refractivity contribution in [3.8, 4) is 5.75 Å². The number of nitrogens with zero attached hydrogens (tertiary/aromatic N) is 1. The summed E-state index contributed by atoms with van der Waals surface area (Å²) in [5.41, 5.74) is 6.20. The van der Waals surface area contributed by atoms with Gasteiger partial charge in [-0.25, -0.2) is 0 Å². The minimum Gasteiger partial charge on any atom is -0.495 e. The van der Waals surface area contributed by atoms with E-state index >= 15 is 0 Å². The number of hydrogen-bond acceptors (Lipinski definition) is 4. The molecule has 3 N–H and O–H groups in total. The van der Waals surface area contributed by atoms with Crippen molar-refractivity contribution in [3.05, 3.63) is 24.3 Å². The first-order valence-corrected chi connectivity index (χ1v) is 8.61. The number of para-hydroxylation sites is 2.